The summed E-state index contributed by atoms with van der Waals surface area (Å²) in [6.45, 7) is 4.21. The highest BCUT2D eigenvalue weighted by atomic mass is 32.2. The molecule has 1 fully saturated rings. The van der Waals surface area contributed by atoms with Crippen LogP contribution < -0.4 is 10.6 Å². The minimum Gasteiger partial charge on any atom is -0.338 e. The van der Waals surface area contributed by atoms with Crippen molar-refractivity contribution in [3.63, 3.8) is 0 Å². The first-order chi connectivity index (χ1) is 11.0. The fraction of sp³-hybridized carbons (Fsp3) is 0.562. The molecule has 7 heteroatoms. The lowest BCUT2D eigenvalue weighted by Crippen LogP contribution is -2.40. The number of amides is 2. The van der Waals surface area contributed by atoms with Crippen molar-refractivity contribution in [1.82, 2.24) is 14.9 Å². The summed E-state index contributed by atoms with van der Waals surface area (Å²) in [6.07, 6.45) is 2.56. The molecule has 1 aromatic rings. The lowest BCUT2D eigenvalue weighted by Gasteiger charge is -2.31. The molecule has 128 valence electrons. The summed E-state index contributed by atoms with van der Waals surface area (Å²) < 4.78 is 26.6. The van der Waals surface area contributed by atoms with Gasteiger partial charge in [0.2, 0.25) is 10.0 Å². The van der Waals surface area contributed by atoms with Gasteiger partial charge in [-0.3, -0.25) is 0 Å². The highest BCUT2D eigenvalue weighted by Gasteiger charge is 2.28. The summed E-state index contributed by atoms with van der Waals surface area (Å²) in [4.78, 5) is 11.7. The van der Waals surface area contributed by atoms with E-state index in [1.54, 1.807) is 28.6 Å². The molecular formula is C16H25N3O3S. The molecule has 0 aliphatic carbocycles. The summed E-state index contributed by atoms with van der Waals surface area (Å²) in [7, 11) is -3.37. The van der Waals surface area contributed by atoms with Crippen molar-refractivity contribution in [1.29, 1.82) is 0 Å². The fourth-order valence-corrected chi connectivity index (χ4v) is 4.28. The number of rotatable bonds is 6. The quantitative estimate of drug-likeness (QED) is 0.829. The van der Waals surface area contributed by atoms with E-state index in [9.17, 15) is 13.2 Å². The fourth-order valence-electron chi connectivity index (χ4n) is 2.79. The van der Waals surface area contributed by atoms with E-state index in [1.165, 1.54) is 0 Å². The van der Waals surface area contributed by atoms with Crippen LogP contribution in [0, 0.1) is 5.92 Å². The number of carbonyl (C=O) groups excluding carboxylic acids is 1. The molecule has 2 N–H and O–H groups in total. The van der Waals surface area contributed by atoms with E-state index in [4.69, 9.17) is 0 Å². The third kappa shape index (κ3) is 4.94. The van der Waals surface area contributed by atoms with E-state index in [-0.39, 0.29) is 6.03 Å². The van der Waals surface area contributed by atoms with Gasteiger partial charge >= 0.3 is 6.03 Å². The third-order valence-corrected chi connectivity index (χ3v) is 6.04. The molecule has 0 atom stereocenters. The van der Waals surface area contributed by atoms with Gasteiger partial charge in [-0.05, 0) is 44.2 Å². The Balaban J connectivity index is 1.79. The SMILES string of the molecule is CCNC(=O)NCCC1CCN(S(=O)(=O)c2ccccc2)CC1. The molecule has 1 aromatic carbocycles. The molecule has 1 heterocycles. The van der Waals surface area contributed by atoms with Gasteiger partial charge in [0.15, 0.2) is 0 Å². The molecule has 0 spiro atoms. The van der Waals surface area contributed by atoms with Crippen LogP contribution in [0.5, 0.6) is 0 Å². The Morgan fingerprint density at radius 1 is 1.17 bits per heavy atom. The van der Waals surface area contributed by atoms with Crippen LogP contribution in [0.15, 0.2) is 35.2 Å². The second kappa shape index (κ2) is 8.31. The number of carbonyl (C=O) groups is 1. The molecule has 1 aliphatic heterocycles. The Morgan fingerprint density at radius 2 is 1.83 bits per heavy atom. The second-order valence-corrected chi connectivity index (χ2v) is 7.67. The number of benzene rings is 1. The Labute approximate surface area is 138 Å². The monoisotopic (exact) mass is 339 g/mol. The normalized spacial score (nSPS) is 16.9. The number of hydrogen-bond donors (Lipinski definition) is 2. The van der Waals surface area contributed by atoms with Crippen molar-refractivity contribution < 1.29 is 13.2 Å². The van der Waals surface area contributed by atoms with Crippen LogP contribution in [0.4, 0.5) is 4.79 Å². The van der Waals surface area contributed by atoms with E-state index in [0.29, 0.717) is 37.0 Å². The molecule has 23 heavy (non-hydrogen) atoms. The van der Waals surface area contributed by atoms with Crippen LogP contribution in [-0.4, -0.2) is 44.9 Å². The average Bonchev–Trinajstić information content (AvgIpc) is 2.56. The predicted molar refractivity (Wildman–Crippen MR) is 89.6 cm³/mol. The van der Waals surface area contributed by atoms with E-state index >= 15 is 0 Å². The Hall–Kier alpha value is -1.60. The molecule has 0 saturated carbocycles. The molecule has 0 unspecified atom stereocenters. The Bertz CT molecular complexity index is 596. The number of urea groups is 1. The van der Waals surface area contributed by atoms with Gasteiger partial charge in [0.05, 0.1) is 4.90 Å². The van der Waals surface area contributed by atoms with Crippen molar-refractivity contribution in [3.8, 4) is 0 Å². The Kier molecular flexibility index (Phi) is 6.41. The summed E-state index contributed by atoms with van der Waals surface area (Å²) in [5.41, 5.74) is 0. The van der Waals surface area contributed by atoms with Crippen molar-refractivity contribution in [2.24, 2.45) is 5.92 Å². The molecule has 1 saturated heterocycles. The van der Waals surface area contributed by atoms with Gasteiger partial charge in [0.1, 0.15) is 0 Å². The summed E-state index contributed by atoms with van der Waals surface area (Å²) >= 11 is 0. The van der Waals surface area contributed by atoms with Gasteiger partial charge in [-0.2, -0.15) is 4.31 Å². The van der Waals surface area contributed by atoms with Gasteiger partial charge in [0.25, 0.3) is 0 Å². The van der Waals surface area contributed by atoms with Gasteiger partial charge in [-0.15, -0.1) is 0 Å². The molecule has 1 aliphatic rings. The predicted octanol–water partition coefficient (Wildman–Crippen LogP) is 1.80. The zero-order chi connectivity index (χ0) is 16.7. The first-order valence-electron chi connectivity index (χ1n) is 8.11. The highest BCUT2D eigenvalue weighted by Crippen LogP contribution is 2.25. The minimum absolute atomic E-state index is 0.142. The summed E-state index contributed by atoms with van der Waals surface area (Å²) in [5.74, 6) is 0.458. The van der Waals surface area contributed by atoms with E-state index < -0.39 is 10.0 Å². The van der Waals surface area contributed by atoms with Crippen LogP contribution in [0.2, 0.25) is 0 Å². The van der Waals surface area contributed by atoms with Crippen LogP contribution in [0.25, 0.3) is 0 Å². The number of nitrogens with zero attached hydrogens (tertiary/aromatic N) is 1. The molecule has 0 bridgehead atoms. The van der Waals surface area contributed by atoms with Gasteiger partial charge in [-0.1, -0.05) is 18.2 Å². The minimum atomic E-state index is -3.37. The van der Waals surface area contributed by atoms with Crippen molar-refractivity contribution >= 4 is 16.1 Å². The largest absolute Gasteiger partial charge is 0.338 e. The van der Waals surface area contributed by atoms with Crippen molar-refractivity contribution in [3.05, 3.63) is 30.3 Å². The maximum Gasteiger partial charge on any atom is 0.314 e. The van der Waals surface area contributed by atoms with Crippen LogP contribution in [0.1, 0.15) is 26.2 Å². The van der Waals surface area contributed by atoms with Crippen LogP contribution >= 0.6 is 0 Å². The number of sulfonamides is 1. The van der Waals surface area contributed by atoms with Crippen LogP contribution in [-0.2, 0) is 10.0 Å². The molecular weight excluding hydrogens is 314 g/mol. The first kappa shape index (κ1) is 17.7. The second-order valence-electron chi connectivity index (χ2n) is 5.74. The number of hydrogen-bond acceptors (Lipinski definition) is 3. The molecule has 0 radical (unpaired) electrons. The van der Waals surface area contributed by atoms with E-state index in [2.05, 4.69) is 10.6 Å². The maximum atomic E-state index is 12.5. The third-order valence-electron chi connectivity index (χ3n) is 4.13. The highest BCUT2D eigenvalue weighted by molar-refractivity contribution is 7.89. The topological polar surface area (TPSA) is 78.5 Å². The summed E-state index contributed by atoms with van der Waals surface area (Å²) in [5, 5.41) is 5.51. The lowest BCUT2D eigenvalue weighted by molar-refractivity contribution is 0.236. The number of piperidine rings is 1. The van der Waals surface area contributed by atoms with Gasteiger partial charge in [0, 0.05) is 26.2 Å². The number of nitrogens with one attached hydrogen (secondary N) is 2. The van der Waals surface area contributed by atoms with Crippen molar-refractivity contribution in [2.75, 3.05) is 26.2 Å². The smallest absolute Gasteiger partial charge is 0.314 e. The Morgan fingerprint density at radius 3 is 2.43 bits per heavy atom. The molecule has 2 amide bonds. The lowest BCUT2D eigenvalue weighted by atomic mass is 9.95. The zero-order valence-electron chi connectivity index (χ0n) is 13.5. The molecule has 2 rings (SSSR count). The first-order valence-corrected chi connectivity index (χ1v) is 9.55. The average molecular weight is 339 g/mol. The standard InChI is InChI=1S/C16H25N3O3S/c1-2-17-16(20)18-11-8-14-9-12-19(13-10-14)23(21,22)15-6-4-3-5-7-15/h3-7,14H,2,8-13H2,1H3,(H2,17,18,20). The maximum absolute atomic E-state index is 12.5. The molecule has 6 nitrogen and oxygen atoms in total. The van der Waals surface area contributed by atoms with Crippen LogP contribution in [0.3, 0.4) is 0 Å². The zero-order valence-corrected chi connectivity index (χ0v) is 14.3. The van der Waals surface area contributed by atoms with Crippen molar-refractivity contribution in [2.45, 2.75) is 31.1 Å². The molecule has 0 aromatic heterocycles. The van der Waals surface area contributed by atoms with Gasteiger partial charge in [-0.25, -0.2) is 13.2 Å². The summed E-state index contributed by atoms with van der Waals surface area (Å²) in [6, 6.07) is 8.43. The van der Waals surface area contributed by atoms with Gasteiger partial charge < -0.3 is 10.6 Å². The van der Waals surface area contributed by atoms with E-state index in [0.717, 1.165) is 19.3 Å². The van der Waals surface area contributed by atoms with E-state index in [1.807, 2.05) is 13.0 Å².